The summed E-state index contributed by atoms with van der Waals surface area (Å²) in [6.45, 7) is 5.39. The molecule has 0 aliphatic heterocycles. The van der Waals surface area contributed by atoms with Gasteiger partial charge in [-0.2, -0.15) is 4.99 Å². The van der Waals surface area contributed by atoms with E-state index in [2.05, 4.69) is 26.4 Å². The van der Waals surface area contributed by atoms with Crippen molar-refractivity contribution in [3.8, 4) is 0 Å². The van der Waals surface area contributed by atoms with Gasteiger partial charge in [0.2, 0.25) is 0 Å². The fourth-order valence-electron chi connectivity index (χ4n) is 3.17. The summed E-state index contributed by atoms with van der Waals surface area (Å²) in [5.74, 6) is 0.604. The smallest absolute Gasteiger partial charge is 0.433 e. The third-order valence-corrected chi connectivity index (χ3v) is 5.63. The number of nitrogens with zero attached hydrogens (tertiary/aromatic N) is 3. The number of fused-ring (bicyclic) bond motifs is 1. The number of rotatable bonds is 5. The van der Waals surface area contributed by atoms with Gasteiger partial charge in [-0.15, -0.1) is 0 Å². The molecule has 1 N–H and O–H groups in total. The number of amides is 1. The van der Waals surface area contributed by atoms with Crippen LogP contribution in [-0.2, 0) is 14.6 Å². The zero-order valence-corrected chi connectivity index (χ0v) is 18.4. The summed E-state index contributed by atoms with van der Waals surface area (Å²) in [5, 5.41) is 4.06. The van der Waals surface area contributed by atoms with Crippen LogP contribution in [0.3, 0.4) is 0 Å². The molecule has 8 nitrogen and oxygen atoms in total. The van der Waals surface area contributed by atoms with Gasteiger partial charge >= 0.3 is 6.09 Å². The Bertz CT molecular complexity index is 1120. The molecule has 2 aromatic rings. The molecule has 1 aliphatic carbocycles. The van der Waals surface area contributed by atoms with E-state index in [4.69, 9.17) is 4.74 Å². The average Bonchev–Trinajstić information content (AvgIpc) is 3.06. The number of nitrogens with one attached hydrogen (secondary N) is 1. The van der Waals surface area contributed by atoms with Crippen LogP contribution in [0.25, 0.3) is 10.9 Å². The third kappa shape index (κ3) is 5.85. The average molecular weight is 431 g/mol. The Labute approximate surface area is 176 Å². The Kier molecular flexibility index (Phi) is 6.21. The van der Waals surface area contributed by atoms with Gasteiger partial charge in [-0.05, 0) is 51.8 Å². The van der Waals surface area contributed by atoms with Gasteiger partial charge in [0, 0.05) is 30.3 Å². The molecule has 3 rings (SSSR count). The summed E-state index contributed by atoms with van der Waals surface area (Å²) in [4.78, 5) is 24.2. The van der Waals surface area contributed by atoms with E-state index in [1.807, 2.05) is 0 Å². The Morgan fingerprint density at radius 1 is 1.33 bits per heavy atom. The number of anilines is 1. The van der Waals surface area contributed by atoms with E-state index >= 15 is 0 Å². The maximum Gasteiger partial charge on any atom is 0.433 e. The molecule has 1 aliphatic rings. The van der Waals surface area contributed by atoms with Crippen LogP contribution in [0, 0.1) is 0 Å². The molecule has 1 amide bonds. The molecule has 0 radical (unpaired) electrons. The van der Waals surface area contributed by atoms with Gasteiger partial charge < -0.3 is 10.1 Å². The molecule has 1 aromatic heterocycles. The Hall–Kier alpha value is -2.81. The Morgan fingerprint density at radius 2 is 2.10 bits per heavy atom. The fraction of sp³-hybridized carbons (Fsp3) is 0.429. The van der Waals surface area contributed by atoms with E-state index in [0.29, 0.717) is 23.1 Å². The first kappa shape index (κ1) is 21.9. The fourth-order valence-corrected chi connectivity index (χ4v) is 3.82. The first-order chi connectivity index (χ1) is 14.0. The first-order valence-corrected chi connectivity index (χ1v) is 11.6. The quantitative estimate of drug-likeness (QED) is 0.565. The maximum absolute atomic E-state index is 11.9. The lowest BCUT2D eigenvalue weighted by molar-refractivity contribution is 0.0605. The maximum atomic E-state index is 11.9. The molecule has 30 heavy (non-hydrogen) atoms. The minimum atomic E-state index is -3.32. The van der Waals surface area contributed by atoms with Crippen LogP contribution in [0.2, 0.25) is 0 Å². The van der Waals surface area contributed by atoms with Crippen molar-refractivity contribution in [3.05, 3.63) is 36.2 Å². The van der Waals surface area contributed by atoms with Gasteiger partial charge in [-0.3, -0.25) is 0 Å². The Balaban J connectivity index is 1.64. The normalized spacial score (nSPS) is 17.3. The number of carbonyl (C=O) groups excluding carboxylic acids is 1. The highest BCUT2D eigenvalue weighted by molar-refractivity contribution is 7.90. The zero-order valence-electron chi connectivity index (χ0n) is 17.5. The van der Waals surface area contributed by atoms with Crippen LogP contribution in [0.4, 0.5) is 10.6 Å². The second kappa shape index (κ2) is 8.51. The lowest BCUT2D eigenvalue weighted by Gasteiger charge is -2.17. The summed E-state index contributed by atoms with van der Waals surface area (Å²) >= 11 is 0. The number of aliphatic imine (C=N–C) groups is 1. The van der Waals surface area contributed by atoms with Crippen molar-refractivity contribution >= 4 is 38.9 Å². The van der Waals surface area contributed by atoms with Crippen LogP contribution in [-0.4, -0.2) is 48.6 Å². The van der Waals surface area contributed by atoms with Crippen LogP contribution < -0.4 is 5.32 Å². The number of carbonyl (C=O) groups is 1. The van der Waals surface area contributed by atoms with Crippen LogP contribution in [0.1, 0.15) is 40.0 Å². The molecule has 0 saturated carbocycles. The molecule has 0 saturated heterocycles. The van der Waals surface area contributed by atoms with Crippen molar-refractivity contribution in [2.75, 3.05) is 11.6 Å². The number of hydrogen-bond acceptors (Lipinski definition) is 7. The molecule has 0 bridgehead atoms. The van der Waals surface area contributed by atoms with Crippen molar-refractivity contribution in [1.82, 2.24) is 9.97 Å². The second-order valence-electron chi connectivity index (χ2n) is 8.31. The lowest BCUT2D eigenvalue weighted by Crippen LogP contribution is -2.21. The molecule has 1 unspecified atom stereocenters. The largest absolute Gasteiger partial charge is 0.442 e. The molecule has 0 spiro atoms. The molecule has 1 aromatic carbocycles. The molecule has 160 valence electrons. The number of ether oxygens (including phenoxy) is 1. The van der Waals surface area contributed by atoms with Crippen molar-refractivity contribution in [2.24, 2.45) is 4.99 Å². The SMILES string of the molecule is CC(C)(C)OC(=O)N=CCC1=CCC(Nc2ncnc3ccc(S(C)(=O)=O)cc23)C1. The summed E-state index contributed by atoms with van der Waals surface area (Å²) < 4.78 is 28.9. The van der Waals surface area contributed by atoms with E-state index < -0.39 is 21.5 Å². The third-order valence-electron chi connectivity index (χ3n) is 4.52. The van der Waals surface area contributed by atoms with E-state index in [1.165, 1.54) is 12.6 Å². The molecule has 1 atom stereocenters. The van der Waals surface area contributed by atoms with Crippen molar-refractivity contribution < 1.29 is 17.9 Å². The second-order valence-corrected chi connectivity index (χ2v) is 10.3. The topological polar surface area (TPSA) is 111 Å². The predicted octanol–water partition coefficient (Wildman–Crippen LogP) is 3.93. The van der Waals surface area contributed by atoms with Gasteiger partial charge in [-0.1, -0.05) is 11.6 Å². The molecular weight excluding hydrogens is 404 g/mol. The zero-order chi connectivity index (χ0) is 21.9. The monoisotopic (exact) mass is 430 g/mol. The number of sulfone groups is 1. The van der Waals surface area contributed by atoms with E-state index in [9.17, 15) is 13.2 Å². The van der Waals surface area contributed by atoms with E-state index in [0.717, 1.165) is 18.4 Å². The van der Waals surface area contributed by atoms with Gasteiger partial charge in [0.05, 0.1) is 10.4 Å². The van der Waals surface area contributed by atoms with Gasteiger partial charge in [0.15, 0.2) is 9.84 Å². The van der Waals surface area contributed by atoms with Gasteiger partial charge in [-0.25, -0.2) is 23.2 Å². The van der Waals surface area contributed by atoms with E-state index in [-0.39, 0.29) is 10.9 Å². The standard InChI is InChI=1S/C21H26N4O4S/c1-21(2,3)29-20(26)22-10-9-14-5-6-15(11-14)25-19-17-12-16(30(4,27)28)7-8-18(17)23-13-24-19/h5,7-8,10,12-13,15H,6,9,11H2,1-4H3,(H,23,24,25). The predicted molar refractivity (Wildman–Crippen MR) is 117 cm³/mol. The lowest BCUT2D eigenvalue weighted by atomic mass is 10.1. The number of aromatic nitrogens is 2. The summed E-state index contributed by atoms with van der Waals surface area (Å²) in [7, 11) is -3.32. The summed E-state index contributed by atoms with van der Waals surface area (Å²) in [6, 6.07) is 4.96. The van der Waals surface area contributed by atoms with E-state index in [1.54, 1.807) is 45.2 Å². The van der Waals surface area contributed by atoms with Crippen LogP contribution in [0.5, 0.6) is 0 Å². The van der Waals surface area contributed by atoms with Crippen molar-refractivity contribution in [2.45, 2.75) is 56.6 Å². The van der Waals surface area contributed by atoms with Crippen LogP contribution >= 0.6 is 0 Å². The van der Waals surface area contributed by atoms with Crippen LogP contribution in [0.15, 0.2) is 46.1 Å². The highest BCUT2D eigenvalue weighted by Crippen LogP contribution is 2.28. The number of benzene rings is 1. The highest BCUT2D eigenvalue weighted by atomic mass is 32.2. The van der Waals surface area contributed by atoms with Crippen molar-refractivity contribution in [1.29, 1.82) is 0 Å². The molecule has 1 heterocycles. The minimum absolute atomic E-state index is 0.120. The molecule has 0 fully saturated rings. The van der Waals surface area contributed by atoms with Gasteiger partial charge in [0.1, 0.15) is 17.7 Å². The summed E-state index contributed by atoms with van der Waals surface area (Å²) in [6.07, 6.45) is 7.87. The molecular formula is C21H26N4O4S. The van der Waals surface area contributed by atoms with Gasteiger partial charge in [0.25, 0.3) is 0 Å². The molecule has 9 heteroatoms. The first-order valence-electron chi connectivity index (χ1n) is 9.66. The minimum Gasteiger partial charge on any atom is -0.442 e. The highest BCUT2D eigenvalue weighted by Gasteiger charge is 2.19. The summed E-state index contributed by atoms with van der Waals surface area (Å²) in [5.41, 5.74) is 1.28. The van der Waals surface area contributed by atoms with Crippen molar-refractivity contribution in [3.63, 3.8) is 0 Å². The number of hydrogen-bond donors (Lipinski definition) is 1. The Morgan fingerprint density at radius 3 is 2.80 bits per heavy atom.